The van der Waals surface area contributed by atoms with Crippen LogP contribution in [0, 0.1) is 5.92 Å². The standard InChI is InChI=1S/C23H46NO3P/c1-2-3-4-5-6-7-8-9-10-11-12-13-14-18-23(26)24-19-16-15-17-22(20-25)21-28-27/h22,25H,2-21H2,1H3,(H,24,26)/p+1. The molecule has 0 radical (unpaired) electrons. The minimum atomic E-state index is -0.329. The van der Waals surface area contributed by atoms with Gasteiger partial charge in [-0.15, -0.1) is 0 Å². The second-order valence-corrected chi connectivity index (χ2v) is 8.93. The fourth-order valence-electron chi connectivity index (χ4n) is 3.55. The molecule has 0 aliphatic carbocycles. The number of hydrogen-bond acceptors (Lipinski definition) is 3. The third kappa shape index (κ3) is 20.3. The van der Waals surface area contributed by atoms with E-state index in [2.05, 4.69) is 12.2 Å². The Morgan fingerprint density at radius 3 is 1.86 bits per heavy atom. The second-order valence-electron chi connectivity index (χ2n) is 8.24. The molecule has 5 heteroatoms. The van der Waals surface area contributed by atoms with Crippen molar-refractivity contribution in [2.45, 2.75) is 116 Å². The molecular formula is C23H47NO3P+. The normalized spacial score (nSPS) is 12.4. The molecule has 0 aromatic carbocycles. The van der Waals surface area contributed by atoms with E-state index in [-0.39, 0.29) is 26.9 Å². The lowest BCUT2D eigenvalue weighted by Gasteiger charge is -2.08. The molecule has 0 spiro atoms. The Bertz CT molecular complexity index is 353. The molecule has 1 amide bonds. The molecule has 0 bridgehead atoms. The van der Waals surface area contributed by atoms with Crippen LogP contribution in [0.25, 0.3) is 0 Å². The molecule has 2 N–H and O–H groups in total. The van der Waals surface area contributed by atoms with Gasteiger partial charge in [0.15, 0.2) is 0 Å². The molecule has 4 nitrogen and oxygen atoms in total. The zero-order valence-electron chi connectivity index (χ0n) is 18.5. The molecule has 0 aromatic heterocycles. The van der Waals surface area contributed by atoms with E-state index in [1.165, 1.54) is 77.0 Å². The summed E-state index contributed by atoms with van der Waals surface area (Å²) in [6.45, 7) is 3.10. The van der Waals surface area contributed by atoms with Gasteiger partial charge in [-0.2, -0.15) is 0 Å². The highest BCUT2D eigenvalue weighted by atomic mass is 31.1. The van der Waals surface area contributed by atoms with Crippen LogP contribution in [0.4, 0.5) is 0 Å². The highest BCUT2D eigenvalue weighted by Crippen LogP contribution is 2.14. The maximum atomic E-state index is 11.8. The molecule has 0 aliphatic rings. The number of unbranched alkanes of at least 4 members (excludes halogenated alkanes) is 13. The SMILES string of the molecule is CCCCCCCCCCCCCCCC(=O)NCCCCC(CO)C[PH+]=O. The minimum Gasteiger partial charge on any atom is -0.396 e. The summed E-state index contributed by atoms with van der Waals surface area (Å²) < 4.78 is 10.6. The molecule has 2 unspecified atom stereocenters. The summed E-state index contributed by atoms with van der Waals surface area (Å²) >= 11 is 0. The van der Waals surface area contributed by atoms with Crippen molar-refractivity contribution >= 4 is 14.4 Å². The number of aliphatic hydroxyl groups is 1. The largest absolute Gasteiger partial charge is 0.396 e. The number of rotatable bonds is 22. The lowest BCUT2D eigenvalue weighted by molar-refractivity contribution is -0.121. The quantitative estimate of drug-likeness (QED) is 0.159. The number of carbonyl (C=O) groups is 1. The van der Waals surface area contributed by atoms with Gasteiger partial charge in [-0.3, -0.25) is 4.79 Å². The van der Waals surface area contributed by atoms with E-state index in [0.717, 1.165) is 32.2 Å². The summed E-state index contributed by atoms with van der Waals surface area (Å²) in [5.41, 5.74) is 0. The molecule has 28 heavy (non-hydrogen) atoms. The van der Waals surface area contributed by atoms with Crippen LogP contribution >= 0.6 is 8.46 Å². The molecule has 0 saturated heterocycles. The summed E-state index contributed by atoms with van der Waals surface area (Å²) in [7, 11) is -0.329. The first kappa shape index (κ1) is 27.5. The predicted octanol–water partition coefficient (Wildman–Crippen LogP) is 6.39. The Morgan fingerprint density at radius 2 is 1.36 bits per heavy atom. The Labute approximate surface area is 175 Å². The fraction of sp³-hybridized carbons (Fsp3) is 0.957. The molecular weight excluding hydrogens is 369 g/mol. The van der Waals surface area contributed by atoms with Crippen molar-refractivity contribution in [2.24, 2.45) is 5.92 Å². The van der Waals surface area contributed by atoms with Gasteiger partial charge in [-0.1, -0.05) is 95.0 Å². The lowest BCUT2D eigenvalue weighted by Crippen LogP contribution is -2.24. The van der Waals surface area contributed by atoms with Crippen LogP contribution in [0.3, 0.4) is 0 Å². The first-order valence-corrected chi connectivity index (χ1v) is 13.1. The van der Waals surface area contributed by atoms with Crippen molar-refractivity contribution in [2.75, 3.05) is 19.3 Å². The van der Waals surface area contributed by atoms with Crippen LogP contribution < -0.4 is 5.32 Å². The van der Waals surface area contributed by atoms with E-state index >= 15 is 0 Å². The van der Waals surface area contributed by atoms with Gasteiger partial charge in [0, 0.05) is 25.5 Å². The van der Waals surface area contributed by atoms with Gasteiger partial charge >= 0.3 is 8.46 Å². The Morgan fingerprint density at radius 1 is 0.821 bits per heavy atom. The van der Waals surface area contributed by atoms with Crippen LogP contribution in [0.2, 0.25) is 0 Å². The maximum Gasteiger partial charge on any atom is 0.325 e. The van der Waals surface area contributed by atoms with Crippen molar-refractivity contribution in [3.8, 4) is 0 Å². The molecule has 2 atom stereocenters. The smallest absolute Gasteiger partial charge is 0.325 e. The molecule has 166 valence electrons. The molecule has 0 aliphatic heterocycles. The Kier molecular flexibility index (Phi) is 22.4. The van der Waals surface area contributed by atoms with Crippen molar-refractivity contribution in [3.63, 3.8) is 0 Å². The second kappa shape index (κ2) is 22.8. The van der Waals surface area contributed by atoms with Gasteiger partial charge < -0.3 is 10.4 Å². The maximum absolute atomic E-state index is 11.8. The number of aliphatic hydroxyl groups excluding tert-OH is 1. The predicted molar refractivity (Wildman–Crippen MR) is 122 cm³/mol. The minimum absolute atomic E-state index is 0.112. The van der Waals surface area contributed by atoms with E-state index in [0.29, 0.717) is 12.6 Å². The van der Waals surface area contributed by atoms with E-state index in [1.54, 1.807) is 0 Å². The summed E-state index contributed by atoms with van der Waals surface area (Å²) in [6, 6.07) is 0. The number of nitrogens with one attached hydrogen (secondary N) is 1. The first-order valence-electron chi connectivity index (χ1n) is 12.0. The first-order chi connectivity index (χ1) is 13.7. The van der Waals surface area contributed by atoms with E-state index in [9.17, 15) is 9.36 Å². The monoisotopic (exact) mass is 416 g/mol. The molecule has 0 rings (SSSR count). The van der Waals surface area contributed by atoms with Crippen LogP contribution in [0.5, 0.6) is 0 Å². The molecule has 0 heterocycles. The van der Waals surface area contributed by atoms with Gasteiger partial charge in [-0.05, 0) is 19.3 Å². The third-order valence-electron chi connectivity index (χ3n) is 5.50. The van der Waals surface area contributed by atoms with Crippen LogP contribution in [0.1, 0.15) is 116 Å². The Hall–Kier alpha value is -0.470. The van der Waals surface area contributed by atoms with Crippen LogP contribution in [0.15, 0.2) is 0 Å². The summed E-state index contributed by atoms with van der Waals surface area (Å²) in [6.07, 6.45) is 21.3. The van der Waals surface area contributed by atoms with Gasteiger partial charge in [0.05, 0.1) is 0 Å². The number of amides is 1. The van der Waals surface area contributed by atoms with Crippen molar-refractivity contribution in [3.05, 3.63) is 0 Å². The molecule has 0 fully saturated rings. The van der Waals surface area contributed by atoms with E-state index in [1.807, 2.05) is 0 Å². The topological polar surface area (TPSA) is 66.4 Å². The van der Waals surface area contributed by atoms with Crippen molar-refractivity contribution in [1.29, 1.82) is 0 Å². The third-order valence-corrected chi connectivity index (χ3v) is 6.24. The summed E-state index contributed by atoms with van der Waals surface area (Å²) in [5.74, 6) is 0.320. The molecule has 0 aromatic rings. The van der Waals surface area contributed by atoms with Crippen LogP contribution in [-0.2, 0) is 9.36 Å². The Balaban J connectivity index is 3.25. The zero-order chi connectivity index (χ0) is 20.7. The number of hydrogen-bond donors (Lipinski definition) is 2. The zero-order valence-corrected chi connectivity index (χ0v) is 19.5. The van der Waals surface area contributed by atoms with Gasteiger partial charge in [0.1, 0.15) is 6.16 Å². The number of carbonyl (C=O) groups excluding carboxylic acids is 1. The van der Waals surface area contributed by atoms with Gasteiger partial charge in [-0.25, -0.2) is 0 Å². The highest BCUT2D eigenvalue weighted by molar-refractivity contribution is 7.23. The average molecular weight is 417 g/mol. The van der Waals surface area contributed by atoms with Crippen LogP contribution in [-0.4, -0.2) is 30.3 Å². The van der Waals surface area contributed by atoms with E-state index in [4.69, 9.17) is 5.11 Å². The van der Waals surface area contributed by atoms with Crippen molar-refractivity contribution in [1.82, 2.24) is 5.32 Å². The van der Waals surface area contributed by atoms with E-state index < -0.39 is 0 Å². The van der Waals surface area contributed by atoms with Gasteiger partial charge in [0.2, 0.25) is 5.91 Å². The van der Waals surface area contributed by atoms with Crippen molar-refractivity contribution < 1.29 is 14.5 Å². The fourth-order valence-corrected chi connectivity index (χ4v) is 4.12. The van der Waals surface area contributed by atoms with Gasteiger partial charge in [0.25, 0.3) is 0 Å². The molecule has 0 saturated carbocycles. The average Bonchev–Trinajstić information content (AvgIpc) is 2.70. The summed E-state index contributed by atoms with van der Waals surface area (Å²) in [5, 5.41) is 12.1. The highest BCUT2D eigenvalue weighted by Gasteiger charge is 2.11. The summed E-state index contributed by atoms with van der Waals surface area (Å²) in [4.78, 5) is 11.8. The lowest BCUT2D eigenvalue weighted by atomic mass is 10.0.